The minimum atomic E-state index is 0.0655. The van der Waals surface area contributed by atoms with Crippen molar-refractivity contribution in [2.75, 3.05) is 5.75 Å². The van der Waals surface area contributed by atoms with Gasteiger partial charge in [-0.2, -0.15) is 0 Å². The molecule has 2 aromatic carbocycles. The van der Waals surface area contributed by atoms with Gasteiger partial charge in [0.2, 0.25) is 0 Å². The van der Waals surface area contributed by atoms with E-state index in [2.05, 4.69) is 39.2 Å². The summed E-state index contributed by atoms with van der Waals surface area (Å²) < 4.78 is 0. The third-order valence-corrected chi connectivity index (χ3v) is 5.55. The van der Waals surface area contributed by atoms with Crippen LogP contribution in [0.4, 0.5) is 0 Å². The van der Waals surface area contributed by atoms with E-state index in [9.17, 15) is 4.79 Å². The number of hydrogen-bond donors (Lipinski definition) is 2. The lowest BCUT2D eigenvalue weighted by atomic mass is 10.1. The molecule has 0 fully saturated rings. The van der Waals surface area contributed by atoms with Crippen LogP contribution in [0.15, 0.2) is 78.2 Å². The average molecular weight is 403 g/mol. The Morgan fingerprint density at radius 2 is 1.66 bits per heavy atom. The number of aromatic nitrogens is 4. The van der Waals surface area contributed by atoms with Crippen LogP contribution in [0, 0.1) is 0 Å². The molecule has 4 aromatic rings. The van der Waals surface area contributed by atoms with Crippen LogP contribution in [-0.4, -0.2) is 31.5 Å². The molecule has 2 N–H and O–H groups in total. The summed E-state index contributed by atoms with van der Waals surface area (Å²) in [6.07, 6.45) is 5.57. The second-order valence-corrected chi connectivity index (χ2v) is 7.75. The summed E-state index contributed by atoms with van der Waals surface area (Å²) in [5, 5.41) is 0.903. The summed E-state index contributed by atoms with van der Waals surface area (Å²) in [4.78, 5) is 27.2. The van der Waals surface area contributed by atoms with Gasteiger partial charge in [-0.25, -0.2) is 9.97 Å². The number of carbonyl (C=O) groups excluding carboxylic acids is 1. The van der Waals surface area contributed by atoms with Crippen molar-refractivity contribution in [2.24, 2.45) is 0 Å². The molecule has 0 aliphatic heterocycles. The summed E-state index contributed by atoms with van der Waals surface area (Å²) in [6.45, 7) is 0. The van der Waals surface area contributed by atoms with Gasteiger partial charge in [0.1, 0.15) is 0 Å². The van der Waals surface area contributed by atoms with Crippen molar-refractivity contribution in [3.8, 4) is 22.5 Å². The summed E-state index contributed by atoms with van der Waals surface area (Å²) in [7, 11) is 0. The Bertz CT molecular complexity index is 986. The van der Waals surface area contributed by atoms with E-state index in [1.54, 1.807) is 24.2 Å². The lowest BCUT2D eigenvalue weighted by Crippen LogP contribution is -2.01. The molecule has 0 radical (unpaired) electrons. The van der Waals surface area contributed by atoms with E-state index in [0.29, 0.717) is 12.2 Å². The van der Waals surface area contributed by atoms with Crippen molar-refractivity contribution in [1.29, 1.82) is 0 Å². The molecule has 0 unspecified atom stereocenters. The average Bonchev–Trinajstić information content (AvgIpc) is 3.45. The smallest absolute Gasteiger partial charge is 0.198 e. The second kappa shape index (κ2) is 9.39. The lowest BCUT2D eigenvalue weighted by molar-refractivity contribution is 0.0971. The van der Waals surface area contributed by atoms with Crippen LogP contribution in [0.3, 0.4) is 0 Å². The van der Waals surface area contributed by atoms with Gasteiger partial charge in [0.15, 0.2) is 16.8 Å². The zero-order valence-corrected chi connectivity index (χ0v) is 16.8. The van der Waals surface area contributed by atoms with E-state index < -0.39 is 0 Å². The number of H-pyrrole nitrogens is 2. The number of unbranched alkanes of at least 4 members (excludes halogenated alkanes) is 1. The molecule has 29 heavy (non-hydrogen) atoms. The van der Waals surface area contributed by atoms with Crippen LogP contribution in [0.25, 0.3) is 22.5 Å². The van der Waals surface area contributed by atoms with Crippen LogP contribution in [0.1, 0.15) is 29.9 Å². The van der Waals surface area contributed by atoms with Gasteiger partial charge in [0.05, 0.1) is 11.4 Å². The van der Waals surface area contributed by atoms with Crippen molar-refractivity contribution in [2.45, 2.75) is 24.4 Å². The molecule has 2 heterocycles. The van der Waals surface area contributed by atoms with Gasteiger partial charge in [-0.3, -0.25) is 4.79 Å². The number of benzene rings is 2. The molecule has 5 nitrogen and oxygen atoms in total. The van der Waals surface area contributed by atoms with Crippen molar-refractivity contribution < 1.29 is 4.79 Å². The highest BCUT2D eigenvalue weighted by Crippen LogP contribution is 2.32. The van der Waals surface area contributed by atoms with Gasteiger partial charge in [-0.05, 0) is 12.8 Å². The minimum absolute atomic E-state index is 0.0655. The van der Waals surface area contributed by atoms with Crippen LogP contribution in [-0.2, 0) is 0 Å². The normalized spacial score (nSPS) is 10.9. The number of imidazole rings is 2. The van der Waals surface area contributed by atoms with E-state index in [1.807, 2.05) is 36.4 Å². The first-order chi connectivity index (χ1) is 14.3. The third-order valence-electron chi connectivity index (χ3n) is 4.59. The number of ketones is 1. The Balaban J connectivity index is 1.40. The van der Waals surface area contributed by atoms with E-state index in [1.165, 1.54) is 0 Å². The molecule has 0 bridgehead atoms. The third kappa shape index (κ3) is 4.84. The topological polar surface area (TPSA) is 74.4 Å². The first-order valence-corrected chi connectivity index (χ1v) is 10.7. The van der Waals surface area contributed by atoms with Crippen molar-refractivity contribution in [3.05, 3.63) is 78.9 Å². The molecule has 0 amide bonds. The monoisotopic (exact) mass is 402 g/mol. The molecule has 0 spiro atoms. The zero-order chi connectivity index (χ0) is 19.9. The van der Waals surface area contributed by atoms with Crippen LogP contribution in [0.2, 0.25) is 0 Å². The van der Waals surface area contributed by atoms with Gasteiger partial charge < -0.3 is 9.97 Å². The van der Waals surface area contributed by atoms with Gasteiger partial charge in [-0.15, -0.1) is 0 Å². The Morgan fingerprint density at radius 1 is 0.931 bits per heavy atom. The quantitative estimate of drug-likeness (QED) is 0.217. The van der Waals surface area contributed by atoms with Crippen LogP contribution >= 0.6 is 11.8 Å². The zero-order valence-electron chi connectivity index (χ0n) is 16.0. The van der Waals surface area contributed by atoms with Crippen molar-refractivity contribution in [3.63, 3.8) is 0 Å². The lowest BCUT2D eigenvalue weighted by Gasteiger charge is -2.02. The SMILES string of the molecule is O=C(CCCCSc1nc(-c2ccccc2)c(-c2ccccc2)[nH]1)c1ncc[nH]1. The van der Waals surface area contributed by atoms with Crippen LogP contribution < -0.4 is 0 Å². The molecular weight excluding hydrogens is 380 g/mol. The molecule has 0 aliphatic rings. The fourth-order valence-electron chi connectivity index (χ4n) is 3.13. The minimum Gasteiger partial charge on any atom is -0.342 e. The number of carbonyl (C=O) groups is 1. The number of hydrogen-bond acceptors (Lipinski definition) is 4. The molecule has 0 aliphatic carbocycles. The number of thioether (sulfide) groups is 1. The number of nitrogens with one attached hydrogen (secondary N) is 2. The van der Waals surface area contributed by atoms with Gasteiger partial charge >= 0.3 is 0 Å². The van der Waals surface area contributed by atoms with Crippen molar-refractivity contribution >= 4 is 17.5 Å². The van der Waals surface area contributed by atoms with E-state index in [0.717, 1.165) is 46.3 Å². The first-order valence-electron chi connectivity index (χ1n) is 9.67. The van der Waals surface area contributed by atoms with Gasteiger partial charge in [-0.1, -0.05) is 72.4 Å². The highest BCUT2D eigenvalue weighted by atomic mass is 32.2. The number of Topliss-reactive ketones (excluding diaryl/α,β-unsaturated/α-hetero) is 1. The predicted molar refractivity (Wildman–Crippen MR) is 117 cm³/mol. The molecular formula is C23H22N4OS. The fourth-order valence-corrected chi connectivity index (χ4v) is 4.00. The van der Waals surface area contributed by atoms with Crippen LogP contribution in [0.5, 0.6) is 0 Å². The molecule has 4 rings (SSSR count). The number of rotatable bonds is 9. The summed E-state index contributed by atoms with van der Waals surface area (Å²) >= 11 is 1.69. The molecule has 0 atom stereocenters. The molecule has 6 heteroatoms. The Morgan fingerprint density at radius 3 is 2.34 bits per heavy atom. The van der Waals surface area contributed by atoms with E-state index in [-0.39, 0.29) is 5.78 Å². The van der Waals surface area contributed by atoms with E-state index >= 15 is 0 Å². The highest BCUT2D eigenvalue weighted by Gasteiger charge is 2.14. The first kappa shape index (κ1) is 19.2. The fraction of sp³-hybridized carbons (Fsp3) is 0.174. The summed E-state index contributed by atoms with van der Waals surface area (Å²) in [5.74, 6) is 1.42. The maximum atomic E-state index is 12.0. The number of aromatic amines is 2. The molecule has 0 saturated carbocycles. The Labute approximate surface area is 174 Å². The molecule has 2 aromatic heterocycles. The maximum Gasteiger partial charge on any atom is 0.198 e. The molecule has 146 valence electrons. The Hall–Kier alpha value is -3.12. The predicted octanol–water partition coefficient (Wildman–Crippen LogP) is 5.61. The van der Waals surface area contributed by atoms with Crippen molar-refractivity contribution in [1.82, 2.24) is 19.9 Å². The maximum absolute atomic E-state index is 12.0. The highest BCUT2D eigenvalue weighted by molar-refractivity contribution is 7.99. The number of nitrogens with zero attached hydrogens (tertiary/aromatic N) is 2. The van der Waals surface area contributed by atoms with E-state index in [4.69, 9.17) is 4.98 Å². The summed E-state index contributed by atoms with van der Waals surface area (Å²) in [6, 6.07) is 20.5. The Kier molecular flexibility index (Phi) is 6.22. The largest absolute Gasteiger partial charge is 0.342 e. The van der Waals surface area contributed by atoms with Gasteiger partial charge in [0.25, 0.3) is 0 Å². The van der Waals surface area contributed by atoms with Gasteiger partial charge in [0, 0.05) is 35.7 Å². The second-order valence-electron chi connectivity index (χ2n) is 6.66. The standard InChI is InChI=1S/C23H22N4OS/c28-19(22-24-14-15-25-22)13-7-8-16-29-23-26-20(17-9-3-1-4-10-17)21(27-23)18-11-5-2-6-12-18/h1-6,9-12,14-15H,7-8,13,16H2,(H,24,25)(H,26,27). The summed E-state index contributed by atoms with van der Waals surface area (Å²) in [5.41, 5.74) is 4.22. The molecule has 0 saturated heterocycles.